The first kappa shape index (κ1) is 26.6. The third-order valence-electron chi connectivity index (χ3n) is 5.07. The predicted octanol–water partition coefficient (Wildman–Crippen LogP) is 6.48. The average Bonchev–Trinajstić information content (AvgIpc) is 3.34. The second kappa shape index (κ2) is 13.2. The molecule has 0 spiro atoms. The van der Waals surface area contributed by atoms with E-state index in [4.69, 9.17) is 44.3 Å². The minimum atomic E-state index is 0.176. The van der Waals surface area contributed by atoms with Crippen LogP contribution in [0.4, 0.5) is 0 Å². The highest BCUT2D eigenvalue weighted by Gasteiger charge is 2.15. The second-order valence-electron chi connectivity index (χ2n) is 7.56. The summed E-state index contributed by atoms with van der Waals surface area (Å²) in [6.07, 6.45) is 0. The zero-order chi connectivity index (χ0) is 25.3. The first-order chi connectivity index (χ1) is 17.6. The highest BCUT2D eigenvalue weighted by atomic mass is 35.5. The van der Waals surface area contributed by atoms with E-state index in [9.17, 15) is 0 Å². The van der Waals surface area contributed by atoms with Crippen LogP contribution in [0.3, 0.4) is 0 Å². The summed E-state index contributed by atoms with van der Waals surface area (Å²) < 4.78 is 13.5. The van der Waals surface area contributed by atoms with Gasteiger partial charge in [-0.3, -0.25) is 0 Å². The van der Waals surface area contributed by atoms with Gasteiger partial charge in [0.05, 0.1) is 17.3 Å². The number of tetrazole rings is 1. The van der Waals surface area contributed by atoms with Crippen LogP contribution in [0.25, 0.3) is 5.69 Å². The Bertz CT molecular complexity index is 1270. The molecule has 4 aromatic rings. The topological polar surface area (TPSA) is 74.1 Å². The first-order valence-corrected chi connectivity index (χ1v) is 13.4. The Kier molecular flexibility index (Phi) is 9.72. The van der Waals surface area contributed by atoms with E-state index in [1.807, 2.05) is 49.4 Å². The lowest BCUT2D eigenvalue weighted by Gasteiger charge is -2.16. The Labute approximate surface area is 229 Å². The highest BCUT2D eigenvalue weighted by molar-refractivity contribution is 7.99. The van der Waals surface area contributed by atoms with E-state index in [-0.39, 0.29) is 6.61 Å². The number of ether oxygens (including phenoxy) is 2. The molecule has 1 heterocycles. The SMILES string of the molecule is CCOc1cc(CNCCSc2nnnn2-c2ccccc2)cc(Cl)c1OCc1c(Cl)cccc1Cl. The molecule has 188 valence electrons. The molecule has 0 amide bonds. The molecule has 0 saturated carbocycles. The number of hydrogen-bond donors (Lipinski definition) is 1. The van der Waals surface area contributed by atoms with Gasteiger partial charge in [-0.25, -0.2) is 0 Å². The summed E-state index contributed by atoms with van der Waals surface area (Å²) in [5.74, 6) is 1.82. The molecule has 36 heavy (non-hydrogen) atoms. The van der Waals surface area contributed by atoms with Gasteiger partial charge in [0.15, 0.2) is 11.5 Å². The molecule has 0 saturated heterocycles. The van der Waals surface area contributed by atoms with Crippen LogP contribution in [-0.2, 0) is 13.2 Å². The summed E-state index contributed by atoms with van der Waals surface area (Å²) in [5.41, 5.74) is 2.60. The molecule has 3 aromatic carbocycles. The van der Waals surface area contributed by atoms with Gasteiger partial charge in [0.1, 0.15) is 6.61 Å². The van der Waals surface area contributed by atoms with E-state index < -0.39 is 0 Å². The van der Waals surface area contributed by atoms with Gasteiger partial charge in [-0.1, -0.05) is 70.8 Å². The average molecular weight is 565 g/mol. The lowest BCUT2D eigenvalue weighted by atomic mass is 10.2. The van der Waals surface area contributed by atoms with Crippen molar-refractivity contribution >= 4 is 46.6 Å². The number of halogens is 3. The van der Waals surface area contributed by atoms with Gasteiger partial charge < -0.3 is 14.8 Å². The number of aromatic nitrogens is 4. The normalized spacial score (nSPS) is 11.0. The van der Waals surface area contributed by atoms with Crippen molar-refractivity contribution in [3.05, 3.63) is 86.9 Å². The van der Waals surface area contributed by atoms with E-state index in [0.717, 1.165) is 28.7 Å². The lowest BCUT2D eigenvalue weighted by Crippen LogP contribution is -2.17. The lowest BCUT2D eigenvalue weighted by molar-refractivity contribution is 0.269. The monoisotopic (exact) mass is 563 g/mol. The summed E-state index contributed by atoms with van der Waals surface area (Å²) in [6, 6.07) is 18.9. The Hall–Kier alpha value is -2.49. The van der Waals surface area contributed by atoms with E-state index in [2.05, 4.69) is 20.8 Å². The van der Waals surface area contributed by atoms with Gasteiger partial charge in [0.25, 0.3) is 0 Å². The van der Waals surface area contributed by atoms with Crippen molar-refractivity contribution in [3.63, 3.8) is 0 Å². The molecule has 0 aliphatic heterocycles. The number of hydrogen-bond acceptors (Lipinski definition) is 7. The summed E-state index contributed by atoms with van der Waals surface area (Å²) >= 11 is 20.7. The van der Waals surface area contributed by atoms with Crippen molar-refractivity contribution in [2.24, 2.45) is 0 Å². The molecule has 1 N–H and O–H groups in total. The molecule has 1 aromatic heterocycles. The third kappa shape index (κ3) is 6.83. The van der Waals surface area contributed by atoms with Crippen LogP contribution >= 0.6 is 46.6 Å². The molecule has 7 nitrogen and oxygen atoms in total. The maximum atomic E-state index is 6.57. The van der Waals surface area contributed by atoms with Gasteiger partial charge in [0.2, 0.25) is 5.16 Å². The molecule has 4 rings (SSSR count). The molecule has 0 radical (unpaired) electrons. The van der Waals surface area contributed by atoms with E-state index in [1.165, 1.54) is 0 Å². The third-order valence-corrected chi connectivity index (χ3v) is 6.98. The zero-order valence-corrected chi connectivity index (χ0v) is 22.5. The fourth-order valence-corrected chi connectivity index (χ4v) is 4.97. The van der Waals surface area contributed by atoms with Crippen molar-refractivity contribution in [1.29, 1.82) is 0 Å². The number of rotatable bonds is 12. The van der Waals surface area contributed by atoms with Crippen molar-refractivity contribution in [2.45, 2.75) is 25.2 Å². The molecular formula is C25H24Cl3N5O2S. The first-order valence-electron chi connectivity index (χ1n) is 11.2. The minimum Gasteiger partial charge on any atom is -0.490 e. The molecule has 0 aliphatic carbocycles. The van der Waals surface area contributed by atoms with Gasteiger partial charge in [-0.2, -0.15) is 4.68 Å². The number of benzene rings is 3. The van der Waals surface area contributed by atoms with Crippen LogP contribution in [0, 0.1) is 0 Å². The van der Waals surface area contributed by atoms with Gasteiger partial charge >= 0.3 is 0 Å². The van der Waals surface area contributed by atoms with E-state index in [1.54, 1.807) is 34.6 Å². The molecule has 0 fully saturated rings. The van der Waals surface area contributed by atoms with Gasteiger partial charge in [0, 0.05) is 34.5 Å². The van der Waals surface area contributed by atoms with E-state index in [0.29, 0.717) is 45.3 Å². The summed E-state index contributed by atoms with van der Waals surface area (Å²) in [7, 11) is 0. The van der Waals surface area contributed by atoms with Crippen LogP contribution < -0.4 is 14.8 Å². The summed E-state index contributed by atoms with van der Waals surface area (Å²) in [4.78, 5) is 0. The largest absolute Gasteiger partial charge is 0.490 e. The van der Waals surface area contributed by atoms with Crippen molar-refractivity contribution in [1.82, 2.24) is 25.5 Å². The van der Waals surface area contributed by atoms with Crippen LogP contribution in [0.15, 0.2) is 65.8 Å². The smallest absolute Gasteiger partial charge is 0.214 e. The number of para-hydroxylation sites is 1. The molecular weight excluding hydrogens is 541 g/mol. The minimum absolute atomic E-state index is 0.176. The Balaban J connectivity index is 1.33. The predicted molar refractivity (Wildman–Crippen MR) is 145 cm³/mol. The molecule has 0 bridgehead atoms. The second-order valence-corrected chi connectivity index (χ2v) is 9.84. The quantitative estimate of drug-likeness (QED) is 0.156. The molecule has 0 atom stereocenters. The highest BCUT2D eigenvalue weighted by Crippen LogP contribution is 2.38. The Morgan fingerprint density at radius 3 is 2.47 bits per heavy atom. The maximum absolute atomic E-state index is 6.57. The number of nitrogens with one attached hydrogen (secondary N) is 1. The van der Waals surface area contributed by atoms with E-state index >= 15 is 0 Å². The van der Waals surface area contributed by atoms with Crippen molar-refractivity contribution in [2.75, 3.05) is 18.9 Å². The number of nitrogens with zero attached hydrogens (tertiary/aromatic N) is 4. The van der Waals surface area contributed by atoms with Crippen LogP contribution in [0.1, 0.15) is 18.1 Å². The van der Waals surface area contributed by atoms with Crippen LogP contribution in [-0.4, -0.2) is 39.1 Å². The van der Waals surface area contributed by atoms with Gasteiger partial charge in [-0.05, 0) is 59.3 Å². The Morgan fingerprint density at radius 2 is 1.72 bits per heavy atom. The zero-order valence-electron chi connectivity index (χ0n) is 19.5. The maximum Gasteiger partial charge on any atom is 0.214 e. The molecule has 11 heteroatoms. The van der Waals surface area contributed by atoms with Crippen molar-refractivity contribution < 1.29 is 9.47 Å². The standard InChI is InChI=1S/C25H24Cl3N5O2S/c1-2-34-23-14-17(13-22(28)24(23)35-16-19-20(26)9-6-10-21(19)27)15-29-11-12-36-25-30-31-32-33(25)18-7-4-3-5-8-18/h3-10,13-14,29H,2,11-12,15-16H2,1H3. The molecule has 0 aliphatic rings. The van der Waals surface area contributed by atoms with Crippen LogP contribution in [0.5, 0.6) is 11.5 Å². The number of thioether (sulfide) groups is 1. The molecule has 0 unspecified atom stereocenters. The van der Waals surface area contributed by atoms with Crippen molar-refractivity contribution in [3.8, 4) is 17.2 Å². The van der Waals surface area contributed by atoms with Crippen LogP contribution in [0.2, 0.25) is 15.1 Å². The summed E-state index contributed by atoms with van der Waals surface area (Å²) in [6.45, 7) is 3.92. The fourth-order valence-electron chi connectivity index (χ4n) is 3.39. The fraction of sp³-hybridized carbons (Fsp3) is 0.240. The Morgan fingerprint density at radius 1 is 0.944 bits per heavy atom. The van der Waals surface area contributed by atoms with Gasteiger partial charge in [-0.15, -0.1) is 5.10 Å². The summed E-state index contributed by atoms with van der Waals surface area (Å²) in [5, 5.41) is 17.7.